The highest BCUT2D eigenvalue weighted by atomic mass is 19.1. The predicted octanol–water partition coefficient (Wildman–Crippen LogP) is 15.5. The van der Waals surface area contributed by atoms with Crippen LogP contribution in [0.5, 0.6) is 0 Å². The second-order valence-electron chi connectivity index (χ2n) is 18.4. The maximum atomic E-state index is 15.6. The number of benzene rings is 10. The van der Waals surface area contributed by atoms with E-state index in [1.54, 1.807) is 12.1 Å². The third-order valence-electron chi connectivity index (χ3n) is 14.9. The zero-order chi connectivity index (χ0) is 46.1. The maximum absolute atomic E-state index is 15.6. The van der Waals surface area contributed by atoms with Crippen LogP contribution in [0, 0.1) is 5.82 Å². The van der Waals surface area contributed by atoms with Gasteiger partial charge in [-0.3, -0.25) is 4.57 Å². The van der Waals surface area contributed by atoms with Gasteiger partial charge in [0.1, 0.15) is 5.82 Å². The Labute approximate surface area is 402 Å². The van der Waals surface area contributed by atoms with Gasteiger partial charge in [0, 0.05) is 38.4 Å². The molecule has 13 aromatic rings. The minimum Gasteiger partial charge on any atom is -0.309 e. The number of hydrogen-bond donors (Lipinski definition) is 0. The van der Waals surface area contributed by atoms with Crippen molar-refractivity contribution in [2.75, 3.05) is 0 Å². The lowest BCUT2D eigenvalue weighted by Gasteiger charge is -2.30. The lowest BCUT2D eigenvalue weighted by Crippen LogP contribution is -2.26. The first kappa shape index (κ1) is 38.8. The Bertz CT molecular complexity index is 4270. The van der Waals surface area contributed by atoms with Crippen LogP contribution in [0.3, 0.4) is 0 Å². The van der Waals surface area contributed by atoms with E-state index in [4.69, 9.17) is 15.0 Å². The van der Waals surface area contributed by atoms with Crippen molar-refractivity contribution in [1.29, 1.82) is 0 Å². The van der Waals surface area contributed by atoms with Gasteiger partial charge in [0.05, 0.1) is 27.5 Å². The fourth-order valence-electron chi connectivity index (χ4n) is 11.9. The van der Waals surface area contributed by atoms with E-state index >= 15 is 4.39 Å². The largest absolute Gasteiger partial charge is 0.309 e. The van der Waals surface area contributed by atoms with Gasteiger partial charge in [0.25, 0.3) is 0 Å². The van der Waals surface area contributed by atoms with Crippen molar-refractivity contribution >= 4 is 43.6 Å². The molecule has 10 aromatic carbocycles. The third kappa shape index (κ3) is 5.38. The predicted molar refractivity (Wildman–Crippen MR) is 281 cm³/mol. The van der Waals surface area contributed by atoms with E-state index in [1.165, 1.54) is 21.8 Å². The summed E-state index contributed by atoms with van der Waals surface area (Å²) in [5.74, 6) is 1.39. The molecule has 15 rings (SSSR count). The van der Waals surface area contributed by atoms with Crippen LogP contribution in [0.2, 0.25) is 0 Å². The first-order chi connectivity index (χ1) is 34.6. The number of hydrogen-bond acceptors (Lipinski definition) is 3. The average Bonchev–Trinajstić information content (AvgIpc) is 4.12. The summed E-state index contributed by atoms with van der Waals surface area (Å²) in [6.07, 6.45) is 0. The van der Waals surface area contributed by atoms with Crippen molar-refractivity contribution in [3.63, 3.8) is 0 Å². The number of rotatable bonds is 5. The van der Waals surface area contributed by atoms with Crippen molar-refractivity contribution < 1.29 is 4.39 Å². The number of para-hydroxylation sites is 3. The highest BCUT2D eigenvalue weighted by Crippen LogP contribution is 2.63. The molecule has 2 aliphatic carbocycles. The summed E-state index contributed by atoms with van der Waals surface area (Å²) >= 11 is 0. The van der Waals surface area contributed by atoms with Gasteiger partial charge in [0.15, 0.2) is 11.6 Å². The van der Waals surface area contributed by atoms with Gasteiger partial charge in [-0.1, -0.05) is 164 Å². The molecule has 0 bridgehead atoms. The molecule has 2 aliphatic rings. The van der Waals surface area contributed by atoms with E-state index in [1.807, 2.05) is 36.4 Å². The smallest absolute Gasteiger partial charge is 0.238 e. The number of nitrogens with zero attached hydrogens (tertiary/aromatic N) is 5. The number of aromatic nitrogens is 5. The molecule has 0 N–H and O–H groups in total. The highest BCUT2D eigenvalue weighted by molar-refractivity contribution is 6.12. The molecule has 3 aromatic heterocycles. The van der Waals surface area contributed by atoms with Gasteiger partial charge in [-0.2, -0.15) is 9.97 Å². The zero-order valence-electron chi connectivity index (χ0n) is 37.6. The van der Waals surface area contributed by atoms with Crippen LogP contribution in [0.25, 0.3) is 111 Å². The Morgan fingerprint density at radius 1 is 0.314 bits per heavy atom. The second kappa shape index (κ2) is 14.6. The molecule has 1 spiro atoms. The first-order valence-corrected chi connectivity index (χ1v) is 23.7. The molecule has 0 saturated heterocycles. The zero-order valence-corrected chi connectivity index (χ0v) is 37.6. The van der Waals surface area contributed by atoms with Gasteiger partial charge in [-0.15, -0.1) is 0 Å². The van der Waals surface area contributed by atoms with E-state index in [-0.39, 0.29) is 5.82 Å². The molecular formula is C64H38FN5. The summed E-state index contributed by atoms with van der Waals surface area (Å²) in [7, 11) is 0. The Morgan fingerprint density at radius 3 is 1.44 bits per heavy atom. The minimum absolute atomic E-state index is 0.255. The molecule has 326 valence electrons. The van der Waals surface area contributed by atoms with Crippen molar-refractivity contribution in [3.8, 4) is 67.8 Å². The average molecular weight is 896 g/mol. The molecule has 0 atom stereocenters. The Kier molecular flexibility index (Phi) is 8.10. The van der Waals surface area contributed by atoms with Gasteiger partial charge in [0.2, 0.25) is 5.95 Å². The fourth-order valence-corrected chi connectivity index (χ4v) is 11.9. The van der Waals surface area contributed by atoms with Crippen molar-refractivity contribution in [3.05, 3.63) is 259 Å². The number of halogens is 1. The van der Waals surface area contributed by atoms with E-state index in [0.29, 0.717) is 17.6 Å². The molecule has 0 saturated carbocycles. The molecule has 6 heteroatoms. The standard InChI is InChI=1S/C64H38FN5/c65-43-30-32-48-47-31-27-42(37-55(47)64(56(48)38-43)53-23-11-7-19-45(53)46-20-8-12-24-54(46)64)62-66-61(39-15-3-1-4-16-39)67-63(68-62)70-58-26-14-10-22-50(58)52-36-41(29-34-60(52)70)40-28-33-59-51(35-40)49-21-9-13-25-57(49)69(59)44-17-5-2-6-18-44/h1-38H. The summed E-state index contributed by atoms with van der Waals surface area (Å²) < 4.78 is 20.1. The molecular weight excluding hydrogens is 858 g/mol. The van der Waals surface area contributed by atoms with E-state index in [0.717, 1.165) is 94.3 Å². The lowest BCUT2D eigenvalue weighted by atomic mass is 9.70. The molecule has 0 aliphatic heterocycles. The van der Waals surface area contributed by atoms with Crippen LogP contribution >= 0.6 is 0 Å². The molecule has 70 heavy (non-hydrogen) atoms. The summed E-state index contributed by atoms with van der Waals surface area (Å²) in [6, 6.07) is 80.4. The quantitative estimate of drug-likeness (QED) is 0.173. The summed E-state index contributed by atoms with van der Waals surface area (Å²) in [5, 5.41) is 4.63. The van der Waals surface area contributed by atoms with E-state index < -0.39 is 5.41 Å². The van der Waals surface area contributed by atoms with Gasteiger partial charge in [-0.05, 0) is 122 Å². The Hall–Kier alpha value is -9.26. The normalized spacial score (nSPS) is 13.0. The first-order valence-electron chi connectivity index (χ1n) is 23.7. The van der Waals surface area contributed by atoms with E-state index in [2.05, 4.69) is 191 Å². The fraction of sp³-hybridized carbons (Fsp3) is 0.0156. The molecule has 0 radical (unpaired) electrons. The van der Waals surface area contributed by atoms with Gasteiger partial charge >= 0.3 is 0 Å². The Morgan fingerprint density at radius 2 is 0.786 bits per heavy atom. The van der Waals surface area contributed by atoms with Crippen LogP contribution in [0.1, 0.15) is 22.3 Å². The molecule has 0 fully saturated rings. The Balaban J connectivity index is 0.924. The maximum Gasteiger partial charge on any atom is 0.238 e. The topological polar surface area (TPSA) is 48.5 Å². The van der Waals surface area contributed by atoms with Crippen LogP contribution in [-0.4, -0.2) is 24.1 Å². The van der Waals surface area contributed by atoms with Crippen molar-refractivity contribution in [1.82, 2.24) is 24.1 Å². The summed E-state index contributed by atoms with van der Waals surface area (Å²) in [6.45, 7) is 0. The van der Waals surface area contributed by atoms with Crippen LogP contribution in [0.15, 0.2) is 231 Å². The molecule has 0 amide bonds. The minimum atomic E-state index is -0.734. The van der Waals surface area contributed by atoms with Gasteiger partial charge < -0.3 is 4.57 Å². The lowest BCUT2D eigenvalue weighted by molar-refractivity contribution is 0.622. The van der Waals surface area contributed by atoms with Crippen LogP contribution < -0.4 is 0 Å². The third-order valence-corrected chi connectivity index (χ3v) is 14.9. The molecule has 5 nitrogen and oxygen atoms in total. The van der Waals surface area contributed by atoms with Crippen molar-refractivity contribution in [2.24, 2.45) is 0 Å². The number of fused-ring (bicyclic) bond motifs is 16. The van der Waals surface area contributed by atoms with Crippen LogP contribution in [0.4, 0.5) is 4.39 Å². The van der Waals surface area contributed by atoms with Crippen molar-refractivity contribution in [2.45, 2.75) is 5.41 Å². The molecule has 3 heterocycles. The van der Waals surface area contributed by atoms with Crippen LogP contribution in [-0.2, 0) is 5.41 Å². The highest BCUT2D eigenvalue weighted by Gasteiger charge is 2.52. The molecule has 0 unspecified atom stereocenters. The second-order valence-corrected chi connectivity index (χ2v) is 18.4. The summed E-state index contributed by atoms with van der Waals surface area (Å²) in [4.78, 5) is 16.0. The SMILES string of the molecule is Fc1ccc2c(c1)C1(c3ccccc3-c3ccccc31)c1cc(-c3nc(-c4ccccc4)nc(-n4c5ccccc5c5cc(-c6ccc7c(c6)c6ccccc6n7-c6ccccc6)ccc54)n3)ccc1-2. The monoisotopic (exact) mass is 895 g/mol. The van der Waals surface area contributed by atoms with E-state index in [9.17, 15) is 0 Å². The van der Waals surface area contributed by atoms with Gasteiger partial charge in [-0.25, -0.2) is 9.37 Å². The summed E-state index contributed by atoms with van der Waals surface area (Å²) in [5.41, 5.74) is 17.5.